The van der Waals surface area contributed by atoms with E-state index >= 15 is 0 Å². The van der Waals surface area contributed by atoms with Gasteiger partial charge in [-0.2, -0.15) is 20.2 Å². The molecule has 4 atom stereocenters. The molecule has 0 spiro atoms. The van der Waals surface area contributed by atoms with Gasteiger partial charge in [-0.15, -0.1) is 0 Å². The van der Waals surface area contributed by atoms with Crippen LogP contribution in [0.15, 0.2) is 66.9 Å². The molecule has 0 aliphatic carbocycles. The Labute approximate surface area is 340 Å². The molecule has 0 radical (unpaired) electrons. The van der Waals surface area contributed by atoms with Crippen LogP contribution in [0.3, 0.4) is 0 Å². The molecule has 0 N–H and O–H groups in total. The number of anilines is 2. The van der Waals surface area contributed by atoms with E-state index < -0.39 is 17.9 Å². The molecule has 2 unspecified atom stereocenters. The number of benzene rings is 3. The SMILES string of the molecule is CN1CCCc2c3c(cccc3nn2C)-c2cccc(c2)OC2C[C@@H](C1=O)N(c1nc3nc4c1cnn4-c1ccc(F)cc1OCC1CCCN1C(=O)[C@@H]1CCCN31)C2. The molecule has 3 saturated heterocycles. The van der Waals surface area contributed by atoms with Gasteiger partial charge in [0.15, 0.2) is 5.65 Å². The van der Waals surface area contributed by atoms with Gasteiger partial charge in [0, 0.05) is 57.3 Å². The first-order chi connectivity index (χ1) is 28.8. The Morgan fingerprint density at radius 2 is 1.71 bits per heavy atom. The maximum Gasteiger partial charge on any atom is 0.245 e. The number of fused-ring (bicyclic) bond motifs is 11. The Kier molecular flexibility index (Phi) is 8.48. The second kappa shape index (κ2) is 13.9. The number of carbonyl (C=O) groups excluding carboxylic acids is 2. The lowest BCUT2D eigenvalue weighted by Crippen LogP contribution is -2.49. The van der Waals surface area contributed by atoms with Crippen molar-refractivity contribution < 1.29 is 23.5 Å². The van der Waals surface area contributed by atoms with E-state index in [1.807, 2.05) is 62.6 Å². The molecule has 3 aromatic heterocycles. The molecule has 0 saturated carbocycles. The topological polar surface area (TPSA) is 127 Å². The molecule has 6 aromatic rings. The average Bonchev–Trinajstić information content (AvgIpc) is 4.09. The number of hydrogen-bond acceptors (Lipinski definition) is 10. The van der Waals surface area contributed by atoms with Gasteiger partial charge in [-0.25, -0.2) is 9.07 Å². The number of ether oxygens (including phenoxy) is 2. The lowest BCUT2D eigenvalue weighted by atomic mass is 9.98. The molecular formula is C44H45FN10O4. The molecule has 59 heavy (non-hydrogen) atoms. The van der Waals surface area contributed by atoms with E-state index in [9.17, 15) is 14.0 Å². The van der Waals surface area contributed by atoms with Crippen LogP contribution in [0.25, 0.3) is 38.8 Å². The zero-order chi connectivity index (χ0) is 39.9. The van der Waals surface area contributed by atoms with Crippen LogP contribution < -0.4 is 19.3 Å². The van der Waals surface area contributed by atoms with Crippen LogP contribution in [0.5, 0.6) is 11.5 Å². The summed E-state index contributed by atoms with van der Waals surface area (Å²) >= 11 is 0. The predicted octanol–water partition coefficient (Wildman–Crippen LogP) is 5.29. The molecule has 15 heteroatoms. The smallest absolute Gasteiger partial charge is 0.245 e. The van der Waals surface area contributed by atoms with Gasteiger partial charge >= 0.3 is 0 Å². The van der Waals surface area contributed by atoms with Crippen molar-refractivity contribution in [2.75, 3.05) is 49.6 Å². The number of carbonyl (C=O) groups is 2. The van der Waals surface area contributed by atoms with Crippen LogP contribution >= 0.6 is 0 Å². The van der Waals surface area contributed by atoms with Gasteiger partial charge in [0.25, 0.3) is 0 Å². The summed E-state index contributed by atoms with van der Waals surface area (Å²) in [7, 11) is 3.85. The molecule has 3 aromatic carbocycles. The van der Waals surface area contributed by atoms with Gasteiger partial charge in [0.05, 0.1) is 29.7 Å². The van der Waals surface area contributed by atoms with E-state index in [1.54, 1.807) is 16.9 Å². The molecule has 8 heterocycles. The van der Waals surface area contributed by atoms with Gasteiger partial charge in [0.1, 0.15) is 53.6 Å². The van der Waals surface area contributed by atoms with Crippen LogP contribution in [-0.4, -0.2) is 115 Å². The number of aromatic nitrogens is 6. The molecule has 14 nitrogen and oxygen atoms in total. The van der Waals surface area contributed by atoms with Crippen molar-refractivity contribution in [3.05, 3.63) is 78.4 Å². The third kappa shape index (κ3) is 5.95. The van der Waals surface area contributed by atoms with Crippen molar-refractivity contribution in [1.82, 2.24) is 39.3 Å². The number of nitrogens with zero attached hydrogens (tertiary/aromatic N) is 10. The quantitative estimate of drug-likeness (QED) is 0.217. The van der Waals surface area contributed by atoms with Gasteiger partial charge in [-0.05, 0) is 80.0 Å². The van der Waals surface area contributed by atoms with Crippen LogP contribution in [0.1, 0.15) is 44.2 Å². The first-order valence-corrected chi connectivity index (χ1v) is 20.8. The molecule has 6 bridgehead atoms. The highest BCUT2D eigenvalue weighted by molar-refractivity contribution is 5.97. The minimum atomic E-state index is -0.610. The van der Waals surface area contributed by atoms with E-state index in [2.05, 4.69) is 18.2 Å². The Bertz CT molecular complexity index is 2660. The highest BCUT2D eigenvalue weighted by atomic mass is 19.1. The van der Waals surface area contributed by atoms with E-state index in [-0.39, 0.29) is 30.6 Å². The van der Waals surface area contributed by atoms with Gasteiger partial charge < -0.3 is 29.1 Å². The summed E-state index contributed by atoms with van der Waals surface area (Å²) in [5.41, 5.74) is 5.19. The standard InChI is InChI=1S/C44H45FN10O4/c1-50-17-6-13-35-39-31(11-4-12-33(39)49-51(35)2)26-8-3-10-29(20-26)59-30-22-37(42(50)56)54(24-30)40-32-23-46-55-34-16-15-27(45)21-38(34)58-25-28-9-5-18-52(28)43(57)36-14-7-19-53(36)44(47-40)48-41(32)55/h3-4,8,10-12,15-16,20-21,23,28,30,36-37H,5-7,9,13-14,17-19,22,24-25H2,1-2H3/t28?,30?,36-,37-/m0/s1. The number of halogens is 1. The van der Waals surface area contributed by atoms with Crippen LogP contribution in [0.2, 0.25) is 0 Å². The van der Waals surface area contributed by atoms with Gasteiger partial charge in [-0.3, -0.25) is 14.3 Å². The first kappa shape index (κ1) is 35.9. The number of aryl methyl sites for hydroxylation is 2. The highest BCUT2D eigenvalue weighted by Crippen LogP contribution is 2.40. The Morgan fingerprint density at radius 1 is 0.847 bits per heavy atom. The summed E-state index contributed by atoms with van der Waals surface area (Å²) in [5, 5.41) is 11.4. The third-order valence-corrected chi connectivity index (χ3v) is 13.0. The lowest BCUT2D eigenvalue weighted by molar-refractivity contribution is -0.134. The fourth-order valence-electron chi connectivity index (χ4n) is 10.1. The summed E-state index contributed by atoms with van der Waals surface area (Å²) in [4.78, 5) is 47.3. The predicted molar refractivity (Wildman–Crippen MR) is 219 cm³/mol. The molecular weight excluding hydrogens is 752 g/mol. The zero-order valence-electron chi connectivity index (χ0n) is 33.1. The third-order valence-electron chi connectivity index (χ3n) is 13.0. The molecule has 2 amide bonds. The maximum absolute atomic E-state index is 14.9. The Balaban J connectivity index is 1.04. The van der Waals surface area contributed by atoms with E-state index in [0.29, 0.717) is 79.0 Å². The van der Waals surface area contributed by atoms with Crippen LogP contribution in [0.4, 0.5) is 16.2 Å². The summed E-state index contributed by atoms with van der Waals surface area (Å²) < 4.78 is 31.7. The fourth-order valence-corrected chi connectivity index (χ4v) is 10.1. The number of likely N-dealkylation sites (N-methyl/N-ethyl adjacent to an activating group) is 1. The second-order valence-electron chi connectivity index (χ2n) is 16.5. The lowest BCUT2D eigenvalue weighted by Gasteiger charge is -2.32. The highest BCUT2D eigenvalue weighted by Gasteiger charge is 2.44. The number of hydrogen-bond donors (Lipinski definition) is 0. The molecule has 302 valence electrons. The van der Waals surface area contributed by atoms with Crippen molar-refractivity contribution in [2.24, 2.45) is 7.05 Å². The van der Waals surface area contributed by atoms with E-state index in [1.165, 1.54) is 12.1 Å². The summed E-state index contributed by atoms with van der Waals surface area (Å²) in [6.07, 6.45) is 6.42. The van der Waals surface area contributed by atoms with Crippen molar-refractivity contribution >= 4 is 45.5 Å². The van der Waals surface area contributed by atoms with Crippen molar-refractivity contribution in [3.8, 4) is 28.3 Å². The molecule has 5 aliphatic heterocycles. The van der Waals surface area contributed by atoms with Crippen molar-refractivity contribution in [2.45, 2.75) is 69.2 Å². The summed E-state index contributed by atoms with van der Waals surface area (Å²) in [6, 6.07) is 17.6. The van der Waals surface area contributed by atoms with E-state index in [4.69, 9.17) is 29.6 Å². The monoisotopic (exact) mass is 796 g/mol. The minimum absolute atomic E-state index is 0.0280. The van der Waals surface area contributed by atoms with Gasteiger partial charge in [-0.1, -0.05) is 24.3 Å². The normalized spacial score (nSPS) is 23.2. The molecule has 5 aliphatic rings. The first-order valence-electron chi connectivity index (χ1n) is 20.8. The van der Waals surface area contributed by atoms with Crippen LogP contribution in [-0.2, 0) is 23.1 Å². The van der Waals surface area contributed by atoms with Crippen molar-refractivity contribution in [3.63, 3.8) is 0 Å². The zero-order valence-corrected chi connectivity index (χ0v) is 33.1. The Hall–Kier alpha value is -6.25. The number of rotatable bonds is 1. The van der Waals surface area contributed by atoms with Gasteiger partial charge in [0.2, 0.25) is 17.8 Å². The average molecular weight is 797 g/mol. The summed E-state index contributed by atoms with van der Waals surface area (Å²) in [6.45, 7) is 2.39. The summed E-state index contributed by atoms with van der Waals surface area (Å²) in [5.74, 6) is 1.50. The maximum atomic E-state index is 14.9. The molecule has 11 rings (SSSR count). The van der Waals surface area contributed by atoms with Crippen LogP contribution in [0, 0.1) is 5.82 Å². The largest absolute Gasteiger partial charge is 0.489 e. The fraction of sp³-hybridized carbons (Fsp3) is 0.409. The molecule has 3 fully saturated rings. The Morgan fingerprint density at radius 3 is 2.63 bits per heavy atom. The second-order valence-corrected chi connectivity index (χ2v) is 16.5. The minimum Gasteiger partial charge on any atom is -0.489 e. The number of amides is 2. The van der Waals surface area contributed by atoms with Crippen molar-refractivity contribution in [1.29, 1.82) is 0 Å². The van der Waals surface area contributed by atoms with E-state index in [0.717, 1.165) is 59.8 Å².